The second-order valence-electron chi connectivity index (χ2n) is 7.05. The Kier molecular flexibility index (Phi) is 4.14. The van der Waals surface area contributed by atoms with Crippen LogP contribution in [0.3, 0.4) is 0 Å². The lowest BCUT2D eigenvalue weighted by Crippen LogP contribution is -2.28. The van der Waals surface area contributed by atoms with Crippen molar-refractivity contribution in [2.24, 2.45) is 11.3 Å². The summed E-state index contributed by atoms with van der Waals surface area (Å²) in [7, 11) is 0. The quantitative estimate of drug-likeness (QED) is 0.809. The summed E-state index contributed by atoms with van der Waals surface area (Å²) in [5, 5.41) is 4.82. The summed E-state index contributed by atoms with van der Waals surface area (Å²) in [6, 6.07) is 12.6. The van der Waals surface area contributed by atoms with Crippen LogP contribution in [0.2, 0.25) is 0 Å². The van der Waals surface area contributed by atoms with Gasteiger partial charge >= 0.3 is 0 Å². The zero-order chi connectivity index (χ0) is 14.7. The fourth-order valence-electron chi connectivity index (χ4n) is 3.89. The van der Waals surface area contributed by atoms with E-state index in [9.17, 15) is 0 Å². The summed E-state index contributed by atoms with van der Waals surface area (Å²) in [5.41, 5.74) is 1.56. The van der Waals surface area contributed by atoms with E-state index in [-0.39, 0.29) is 0 Å². The van der Waals surface area contributed by atoms with Gasteiger partial charge in [0, 0.05) is 11.9 Å². The lowest BCUT2D eigenvalue weighted by molar-refractivity contribution is 0.252. The fraction of sp³-hybridized carbons (Fsp3) is 0.526. The molecule has 1 aliphatic rings. The summed E-state index contributed by atoms with van der Waals surface area (Å²) in [5.74, 6) is 1.79. The maximum absolute atomic E-state index is 4.74. The molecule has 2 nitrogen and oxygen atoms in total. The van der Waals surface area contributed by atoms with Crippen molar-refractivity contribution in [1.29, 1.82) is 0 Å². The molecular formula is C19H26N2. The highest BCUT2D eigenvalue weighted by atomic mass is 15.0. The van der Waals surface area contributed by atoms with E-state index in [2.05, 4.69) is 55.6 Å². The van der Waals surface area contributed by atoms with Gasteiger partial charge in [-0.2, -0.15) is 0 Å². The van der Waals surface area contributed by atoms with Crippen LogP contribution >= 0.6 is 0 Å². The van der Waals surface area contributed by atoms with Gasteiger partial charge in [0.15, 0.2) is 0 Å². The number of fused-ring (bicyclic) bond motifs is 1. The number of benzene rings is 1. The average Bonchev–Trinajstić information content (AvgIpc) is 2.93. The highest BCUT2D eigenvalue weighted by Gasteiger charge is 2.34. The molecule has 2 heteroatoms. The molecule has 112 valence electrons. The standard InChI is InChI=1S/C19H26N2/c1-15(2)13-19(11-5-6-12-19)14-20-18-10-9-16-7-3-4-8-17(16)21-18/h3-4,7-10,15H,5-6,11-14H2,1-2H3,(H,20,21). The molecular weight excluding hydrogens is 256 g/mol. The van der Waals surface area contributed by atoms with Gasteiger partial charge in [0.05, 0.1) is 5.52 Å². The Labute approximate surface area is 128 Å². The Bertz CT molecular complexity index is 597. The Hall–Kier alpha value is -1.57. The van der Waals surface area contributed by atoms with Crippen molar-refractivity contribution < 1.29 is 0 Å². The molecule has 1 aliphatic carbocycles. The average molecular weight is 282 g/mol. The first-order chi connectivity index (χ1) is 10.2. The van der Waals surface area contributed by atoms with Crippen LogP contribution in [-0.2, 0) is 0 Å². The van der Waals surface area contributed by atoms with Crippen molar-refractivity contribution >= 4 is 16.7 Å². The van der Waals surface area contributed by atoms with Crippen LogP contribution in [0.25, 0.3) is 10.9 Å². The van der Waals surface area contributed by atoms with Gasteiger partial charge in [0.2, 0.25) is 0 Å². The Balaban J connectivity index is 1.72. The van der Waals surface area contributed by atoms with E-state index >= 15 is 0 Å². The first kappa shape index (κ1) is 14.4. The summed E-state index contributed by atoms with van der Waals surface area (Å²) >= 11 is 0. The van der Waals surface area contributed by atoms with E-state index in [0.717, 1.165) is 23.8 Å². The van der Waals surface area contributed by atoms with Crippen molar-refractivity contribution in [1.82, 2.24) is 4.98 Å². The predicted octanol–water partition coefficient (Wildman–Crippen LogP) is 5.25. The normalized spacial score (nSPS) is 17.5. The highest BCUT2D eigenvalue weighted by Crippen LogP contribution is 2.43. The molecule has 1 heterocycles. The molecule has 1 saturated carbocycles. The van der Waals surface area contributed by atoms with Gasteiger partial charge < -0.3 is 5.32 Å². The van der Waals surface area contributed by atoms with E-state index in [1.807, 2.05) is 0 Å². The number of hydrogen-bond donors (Lipinski definition) is 1. The minimum Gasteiger partial charge on any atom is -0.369 e. The Morgan fingerprint density at radius 2 is 1.86 bits per heavy atom. The third kappa shape index (κ3) is 3.37. The number of hydrogen-bond acceptors (Lipinski definition) is 2. The first-order valence-corrected chi connectivity index (χ1v) is 8.27. The number of rotatable bonds is 5. The van der Waals surface area contributed by atoms with E-state index in [0.29, 0.717) is 5.41 Å². The number of para-hydroxylation sites is 1. The van der Waals surface area contributed by atoms with Gasteiger partial charge in [0.25, 0.3) is 0 Å². The molecule has 3 rings (SSSR count). The molecule has 0 aliphatic heterocycles. The molecule has 0 amide bonds. The fourth-order valence-corrected chi connectivity index (χ4v) is 3.89. The van der Waals surface area contributed by atoms with Crippen molar-refractivity contribution in [2.75, 3.05) is 11.9 Å². The van der Waals surface area contributed by atoms with Gasteiger partial charge in [0.1, 0.15) is 5.82 Å². The SMILES string of the molecule is CC(C)CC1(CNc2ccc3ccccc3n2)CCCC1. The molecule has 0 saturated heterocycles. The van der Waals surface area contributed by atoms with Gasteiger partial charge in [-0.25, -0.2) is 4.98 Å². The minimum atomic E-state index is 0.488. The zero-order valence-corrected chi connectivity index (χ0v) is 13.2. The van der Waals surface area contributed by atoms with Crippen molar-refractivity contribution in [3.8, 4) is 0 Å². The molecule has 0 bridgehead atoms. The molecule has 2 aromatic rings. The zero-order valence-electron chi connectivity index (χ0n) is 13.2. The molecule has 1 N–H and O–H groups in total. The second-order valence-corrected chi connectivity index (χ2v) is 7.05. The number of nitrogens with one attached hydrogen (secondary N) is 1. The molecule has 0 spiro atoms. The molecule has 21 heavy (non-hydrogen) atoms. The molecule has 0 radical (unpaired) electrons. The molecule has 1 fully saturated rings. The summed E-state index contributed by atoms with van der Waals surface area (Å²) in [6.45, 7) is 5.75. The number of nitrogens with zero attached hydrogens (tertiary/aromatic N) is 1. The number of aromatic nitrogens is 1. The molecule has 1 aromatic heterocycles. The first-order valence-electron chi connectivity index (χ1n) is 8.27. The van der Waals surface area contributed by atoms with Crippen LogP contribution in [-0.4, -0.2) is 11.5 Å². The Morgan fingerprint density at radius 1 is 1.10 bits per heavy atom. The van der Waals surface area contributed by atoms with Gasteiger partial charge in [-0.15, -0.1) is 0 Å². The van der Waals surface area contributed by atoms with Gasteiger partial charge in [-0.1, -0.05) is 44.9 Å². The van der Waals surface area contributed by atoms with Gasteiger partial charge in [-0.3, -0.25) is 0 Å². The van der Waals surface area contributed by atoms with Crippen LogP contribution in [0.5, 0.6) is 0 Å². The maximum atomic E-state index is 4.74. The van der Waals surface area contributed by atoms with Crippen molar-refractivity contribution in [3.05, 3.63) is 36.4 Å². The van der Waals surface area contributed by atoms with E-state index in [1.165, 1.54) is 37.5 Å². The second kappa shape index (κ2) is 6.05. The van der Waals surface area contributed by atoms with Crippen LogP contribution in [0.15, 0.2) is 36.4 Å². The lowest BCUT2D eigenvalue weighted by atomic mass is 9.78. The highest BCUT2D eigenvalue weighted by molar-refractivity contribution is 5.80. The Morgan fingerprint density at radius 3 is 2.62 bits per heavy atom. The topological polar surface area (TPSA) is 24.9 Å². The summed E-state index contributed by atoms with van der Waals surface area (Å²) in [6.07, 6.45) is 6.84. The van der Waals surface area contributed by atoms with Crippen LogP contribution in [0.1, 0.15) is 46.0 Å². The maximum Gasteiger partial charge on any atom is 0.126 e. The largest absolute Gasteiger partial charge is 0.369 e. The summed E-state index contributed by atoms with van der Waals surface area (Å²) < 4.78 is 0. The van der Waals surface area contributed by atoms with Crippen LogP contribution in [0.4, 0.5) is 5.82 Å². The number of anilines is 1. The molecule has 0 unspecified atom stereocenters. The van der Waals surface area contributed by atoms with Crippen molar-refractivity contribution in [3.63, 3.8) is 0 Å². The predicted molar refractivity (Wildman–Crippen MR) is 90.6 cm³/mol. The van der Waals surface area contributed by atoms with Crippen LogP contribution < -0.4 is 5.32 Å². The smallest absolute Gasteiger partial charge is 0.126 e. The lowest BCUT2D eigenvalue weighted by Gasteiger charge is -2.31. The monoisotopic (exact) mass is 282 g/mol. The third-order valence-corrected chi connectivity index (χ3v) is 4.75. The number of pyridine rings is 1. The van der Waals surface area contributed by atoms with Crippen molar-refractivity contribution in [2.45, 2.75) is 46.0 Å². The molecule has 1 aromatic carbocycles. The van der Waals surface area contributed by atoms with E-state index in [4.69, 9.17) is 4.98 Å². The van der Waals surface area contributed by atoms with Crippen LogP contribution in [0, 0.1) is 11.3 Å². The van der Waals surface area contributed by atoms with E-state index in [1.54, 1.807) is 0 Å². The van der Waals surface area contributed by atoms with Gasteiger partial charge in [-0.05, 0) is 48.8 Å². The third-order valence-electron chi connectivity index (χ3n) is 4.75. The summed E-state index contributed by atoms with van der Waals surface area (Å²) in [4.78, 5) is 4.74. The molecule has 0 atom stereocenters. The van der Waals surface area contributed by atoms with E-state index < -0.39 is 0 Å². The minimum absolute atomic E-state index is 0.488.